The molecule has 0 fully saturated rings. The molecule has 0 radical (unpaired) electrons. The van der Waals surface area contributed by atoms with Gasteiger partial charge < -0.3 is 23.7 Å². The average molecular weight is 690 g/mol. The van der Waals surface area contributed by atoms with Gasteiger partial charge >= 0.3 is 0 Å². The van der Waals surface area contributed by atoms with Gasteiger partial charge in [-0.25, -0.2) is 4.39 Å². The third-order valence-electron chi connectivity index (χ3n) is 7.65. The number of ether oxygens (including phenoxy) is 3. The number of hydrogen-bond donors (Lipinski definition) is 1. The Balaban J connectivity index is 1.41. The predicted molar refractivity (Wildman–Crippen MR) is 181 cm³/mol. The number of anilines is 1. The molecule has 2 aromatic heterocycles. The zero-order valence-electron chi connectivity index (χ0n) is 26.4. The molecule has 1 unspecified atom stereocenters. The van der Waals surface area contributed by atoms with Crippen molar-refractivity contribution in [3.8, 4) is 17.2 Å². The molecule has 10 nitrogen and oxygen atoms in total. The number of unbranched alkanes of at least 4 members (excludes halogenated alkanes) is 1. The SMILES string of the molecule is CCCCOc1ccc(C2C(C(=O)c3cc4cccc(OC)c4o3)=C(O)C(=O)N2c2nnc(SCc3ccccc3F)s2)cc1OCC. The summed E-state index contributed by atoms with van der Waals surface area (Å²) in [6, 6.07) is 17.2. The van der Waals surface area contributed by atoms with E-state index in [4.69, 9.17) is 18.6 Å². The fourth-order valence-corrected chi connectivity index (χ4v) is 7.17. The molecule has 1 amide bonds. The molecule has 1 N–H and O–H groups in total. The largest absolute Gasteiger partial charge is 0.503 e. The number of thioether (sulfide) groups is 1. The van der Waals surface area contributed by atoms with Gasteiger partial charge in [0.15, 0.2) is 38.7 Å². The lowest BCUT2D eigenvalue weighted by Crippen LogP contribution is -2.31. The highest BCUT2D eigenvalue weighted by molar-refractivity contribution is 8.00. The topological polar surface area (TPSA) is 124 Å². The number of nitrogens with zero attached hydrogens (tertiary/aromatic N) is 3. The quantitative estimate of drug-likeness (QED) is 0.0530. The van der Waals surface area contributed by atoms with E-state index in [2.05, 4.69) is 17.1 Å². The second kappa shape index (κ2) is 14.5. The van der Waals surface area contributed by atoms with Gasteiger partial charge in [-0.15, -0.1) is 10.2 Å². The maximum absolute atomic E-state index is 14.3. The number of hydrogen-bond acceptors (Lipinski definition) is 11. The second-order valence-corrected chi connectivity index (χ2v) is 12.9. The Labute approximate surface area is 284 Å². The first-order valence-corrected chi connectivity index (χ1v) is 17.1. The minimum Gasteiger partial charge on any atom is -0.503 e. The summed E-state index contributed by atoms with van der Waals surface area (Å²) >= 11 is 2.34. The van der Waals surface area contributed by atoms with Gasteiger partial charge in [0.2, 0.25) is 10.9 Å². The van der Waals surface area contributed by atoms with Gasteiger partial charge in [0, 0.05) is 11.1 Å². The van der Waals surface area contributed by atoms with Crippen LogP contribution in [0.5, 0.6) is 17.2 Å². The number of benzene rings is 3. The van der Waals surface area contributed by atoms with Crippen molar-refractivity contribution in [3.63, 3.8) is 0 Å². The van der Waals surface area contributed by atoms with E-state index in [1.54, 1.807) is 60.7 Å². The fourth-order valence-electron chi connectivity index (χ4n) is 5.31. The van der Waals surface area contributed by atoms with E-state index in [1.807, 2.05) is 6.92 Å². The predicted octanol–water partition coefficient (Wildman–Crippen LogP) is 8.08. The molecule has 3 heterocycles. The summed E-state index contributed by atoms with van der Waals surface area (Å²) in [6.07, 6.45) is 1.80. The number of methoxy groups -OCH3 is 1. The Morgan fingerprint density at radius 1 is 1.04 bits per heavy atom. The highest BCUT2D eigenvalue weighted by Crippen LogP contribution is 2.46. The molecule has 0 aliphatic carbocycles. The lowest BCUT2D eigenvalue weighted by atomic mass is 9.95. The van der Waals surface area contributed by atoms with E-state index in [1.165, 1.54) is 29.8 Å². The Morgan fingerprint density at radius 3 is 2.65 bits per heavy atom. The van der Waals surface area contributed by atoms with Crippen molar-refractivity contribution in [2.45, 2.75) is 42.8 Å². The number of fused-ring (bicyclic) bond motifs is 1. The molecule has 5 aromatic rings. The lowest BCUT2D eigenvalue weighted by Gasteiger charge is -2.24. The molecule has 1 aliphatic heterocycles. The van der Waals surface area contributed by atoms with E-state index in [0.29, 0.717) is 62.7 Å². The molecule has 3 aromatic carbocycles. The van der Waals surface area contributed by atoms with Crippen molar-refractivity contribution in [2.24, 2.45) is 0 Å². The summed E-state index contributed by atoms with van der Waals surface area (Å²) in [5.74, 6) is -1.03. The van der Waals surface area contributed by atoms with Gasteiger partial charge in [-0.05, 0) is 54.8 Å². The number of aliphatic hydroxyl groups excluding tert-OH is 1. The van der Waals surface area contributed by atoms with Crippen LogP contribution in [0.25, 0.3) is 11.0 Å². The Hall–Kier alpha value is -4.88. The maximum Gasteiger partial charge on any atom is 0.296 e. The molecule has 6 rings (SSSR count). The van der Waals surface area contributed by atoms with Crippen molar-refractivity contribution in [3.05, 3.63) is 101 Å². The lowest BCUT2D eigenvalue weighted by molar-refractivity contribution is -0.117. The van der Waals surface area contributed by atoms with Gasteiger partial charge in [-0.1, -0.05) is 72.8 Å². The second-order valence-electron chi connectivity index (χ2n) is 10.7. The molecule has 48 heavy (non-hydrogen) atoms. The molecule has 1 aliphatic rings. The molecule has 1 atom stereocenters. The number of para-hydroxylation sites is 1. The summed E-state index contributed by atoms with van der Waals surface area (Å²) < 4.78 is 37.9. The number of aromatic nitrogens is 2. The van der Waals surface area contributed by atoms with Crippen molar-refractivity contribution in [2.75, 3.05) is 25.2 Å². The smallest absolute Gasteiger partial charge is 0.296 e. The number of carbonyl (C=O) groups excluding carboxylic acids is 2. The Morgan fingerprint density at radius 2 is 1.88 bits per heavy atom. The summed E-state index contributed by atoms with van der Waals surface area (Å²) in [5.41, 5.74) is 1.12. The number of furan rings is 1. The first-order valence-electron chi connectivity index (χ1n) is 15.3. The summed E-state index contributed by atoms with van der Waals surface area (Å²) in [5, 5.41) is 20.6. The molecule has 0 saturated heterocycles. The Kier molecular flexibility index (Phi) is 9.97. The number of aliphatic hydroxyl groups is 1. The first kappa shape index (κ1) is 33.0. The Bertz CT molecular complexity index is 2010. The van der Waals surface area contributed by atoms with Crippen LogP contribution in [0.3, 0.4) is 0 Å². The van der Waals surface area contributed by atoms with Gasteiger partial charge in [0.05, 0.1) is 31.9 Å². The van der Waals surface area contributed by atoms with Crippen LogP contribution in [0.15, 0.2) is 86.8 Å². The third-order valence-corrected chi connectivity index (χ3v) is 9.76. The van der Waals surface area contributed by atoms with Gasteiger partial charge in [0.1, 0.15) is 5.82 Å². The van der Waals surface area contributed by atoms with Crippen molar-refractivity contribution >= 4 is 50.9 Å². The highest BCUT2D eigenvalue weighted by Gasteiger charge is 2.47. The number of halogens is 1. The summed E-state index contributed by atoms with van der Waals surface area (Å²) in [4.78, 5) is 29.3. The average Bonchev–Trinajstić information content (AvgIpc) is 3.81. The van der Waals surface area contributed by atoms with E-state index in [-0.39, 0.29) is 22.3 Å². The first-order chi connectivity index (χ1) is 23.3. The maximum atomic E-state index is 14.3. The van der Waals surface area contributed by atoms with Crippen molar-refractivity contribution in [1.29, 1.82) is 0 Å². The van der Waals surface area contributed by atoms with Gasteiger partial charge in [-0.3, -0.25) is 14.5 Å². The molecule has 0 bridgehead atoms. The summed E-state index contributed by atoms with van der Waals surface area (Å²) in [6.45, 7) is 4.73. The molecular formula is C35H32FN3O7S2. The van der Waals surface area contributed by atoms with E-state index >= 15 is 0 Å². The zero-order valence-corrected chi connectivity index (χ0v) is 28.0. The number of amides is 1. The summed E-state index contributed by atoms with van der Waals surface area (Å²) in [7, 11) is 1.49. The fraction of sp³-hybridized carbons (Fsp3) is 0.257. The van der Waals surface area contributed by atoms with Crippen LogP contribution in [-0.2, 0) is 10.5 Å². The van der Waals surface area contributed by atoms with Crippen LogP contribution >= 0.6 is 23.1 Å². The normalized spacial score (nSPS) is 14.6. The minimum atomic E-state index is -1.12. The molecule has 13 heteroatoms. The standard InChI is InChI=1S/C35H32FN3O7S2/c1-4-6-16-45-24-15-14-20(17-26(24)44-5-2)29-28(30(40)27-18-21-11-9-13-25(43-3)32(21)46-27)31(41)33(42)39(29)34-37-38-35(48-34)47-19-22-10-7-8-12-23(22)36/h7-15,17-18,29,41H,4-6,16,19H2,1-3H3. The van der Waals surface area contributed by atoms with Gasteiger partial charge in [-0.2, -0.15) is 0 Å². The van der Waals surface area contributed by atoms with E-state index in [9.17, 15) is 19.1 Å². The molecule has 248 valence electrons. The van der Waals surface area contributed by atoms with Crippen LogP contribution in [0.4, 0.5) is 9.52 Å². The number of Topliss-reactive ketones (excluding diaryl/α,β-unsaturated/α-hetero) is 1. The number of ketones is 1. The third kappa shape index (κ3) is 6.47. The van der Waals surface area contributed by atoms with E-state index in [0.717, 1.165) is 24.2 Å². The van der Waals surface area contributed by atoms with Gasteiger partial charge in [0.25, 0.3) is 5.91 Å². The van der Waals surface area contributed by atoms with Crippen LogP contribution in [0, 0.1) is 5.82 Å². The minimum absolute atomic E-state index is 0.0846. The molecule has 0 spiro atoms. The molecule has 0 saturated carbocycles. The van der Waals surface area contributed by atoms with Crippen LogP contribution in [0.2, 0.25) is 0 Å². The van der Waals surface area contributed by atoms with Crippen molar-refractivity contribution in [1.82, 2.24) is 10.2 Å². The zero-order chi connectivity index (χ0) is 33.8. The van der Waals surface area contributed by atoms with Crippen molar-refractivity contribution < 1.29 is 37.7 Å². The number of carbonyl (C=O) groups is 2. The van der Waals surface area contributed by atoms with Crippen LogP contribution in [0.1, 0.15) is 54.4 Å². The van der Waals surface area contributed by atoms with E-state index < -0.39 is 23.5 Å². The number of rotatable bonds is 14. The monoisotopic (exact) mass is 689 g/mol. The highest BCUT2D eigenvalue weighted by atomic mass is 32.2. The molecular weight excluding hydrogens is 658 g/mol. The van der Waals surface area contributed by atoms with Crippen LogP contribution < -0.4 is 19.1 Å². The van der Waals surface area contributed by atoms with Crippen LogP contribution in [-0.4, -0.2) is 47.3 Å².